The lowest BCUT2D eigenvalue weighted by molar-refractivity contribution is -0.120. The van der Waals surface area contributed by atoms with Crippen LogP contribution >= 0.6 is 0 Å². The van der Waals surface area contributed by atoms with Gasteiger partial charge in [0.15, 0.2) is 0 Å². The number of ether oxygens (including phenoxy) is 1. The van der Waals surface area contributed by atoms with Crippen LogP contribution in [0.1, 0.15) is 37.2 Å². The van der Waals surface area contributed by atoms with Crippen molar-refractivity contribution in [3.05, 3.63) is 36.3 Å². The summed E-state index contributed by atoms with van der Waals surface area (Å²) in [5, 5.41) is 8.89. The summed E-state index contributed by atoms with van der Waals surface area (Å²) in [7, 11) is 0. The lowest BCUT2D eigenvalue weighted by Gasteiger charge is -2.19. The van der Waals surface area contributed by atoms with Crippen molar-refractivity contribution < 1.29 is 14.3 Å². The van der Waals surface area contributed by atoms with E-state index in [9.17, 15) is 9.59 Å². The fourth-order valence-electron chi connectivity index (χ4n) is 2.25. The molecule has 1 atom stereocenters. The number of esters is 1. The molecular formula is C15H18N6O3. The van der Waals surface area contributed by atoms with Crippen LogP contribution in [-0.4, -0.2) is 44.0 Å². The Hall–Kier alpha value is -2.81. The molecule has 0 aromatic carbocycles. The SMILES string of the molecule is CC(C)(C)OC(=O)c1ccc(N2NCC(n3ccnn3)C2=O)nc1. The molecule has 1 fully saturated rings. The van der Waals surface area contributed by atoms with Gasteiger partial charge in [0.2, 0.25) is 0 Å². The zero-order chi connectivity index (χ0) is 17.3. The molecule has 1 amide bonds. The second-order valence-corrected chi connectivity index (χ2v) is 6.34. The van der Waals surface area contributed by atoms with Gasteiger partial charge in [-0.1, -0.05) is 5.21 Å². The smallest absolute Gasteiger partial charge is 0.340 e. The Kier molecular flexibility index (Phi) is 4.02. The third kappa shape index (κ3) is 3.25. The summed E-state index contributed by atoms with van der Waals surface area (Å²) in [4.78, 5) is 28.6. The van der Waals surface area contributed by atoms with Gasteiger partial charge in [-0.25, -0.2) is 24.9 Å². The fourth-order valence-corrected chi connectivity index (χ4v) is 2.25. The van der Waals surface area contributed by atoms with Gasteiger partial charge in [0.05, 0.1) is 11.8 Å². The highest BCUT2D eigenvalue weighted by molar-refractivity contribution is 5.97. The molecule has 3 heterocycles. The van der Waals surface area contributed by atoms with Gasteiger partial charge < -0.3 is 4.74 Å². The minimum atomic E-state index is -0.576. The molecule has 2 aromatic heterocycles. The van der Waals surface area contributed by atoms with E-state index in [0.717, 1.165) is 0 Å². The number of anilines is 1. The van der Waals surface area contributed by atoms with Crippen molar-refractivity contribution in [3.8, 4) is 0 Å². The minimum absolute atomic E-state index is 0.196. The van der Waals surface area contributed by atoms with Gasteiger partial charge in [0, 0.05) is 18.9 Å². The summed E-state index contributed by atoms with van der Waals surface area (Å²) in [5.41, 5.74) is 2.72. The van der Waals surface area contributed by atoms with Crippen LogP contribution in [0, 0.1) is 0 Å². The van der Waals surface area contributed by atoms with Crippen LogP contribution in [0.3, 0.4) is 0 Å². The van der Waals surface area contributed by atoms with Crippen LogP contribution in [0.2, 0.25) is 0 Å². The number of carbonyl (C=O) groups excluding carboxylic acids is 2. The van der Waals surface area contributed by atoms with E-state index in [2.05, 4.69) is 20.7 Å². The maximum Gasteiger partial charge on any atom is 0.340 e. The summed E-state index contributed by atoms with van der Waals surface area (Å²) < 4.78 is 6.77. The largest absolute Gasteiger partial charge is 0.456 e. The van der Waals surface area contributed by atoms with Gasteiger partial charge in [-0.2, -0.15) is 0 Å². The van der Waals surface area contributed by atoms with Gasteiger partial charge in [-0.15, -0.1) is 5.10 Å². The van der Waals surface area contributed by atoms with E-state index in [1.165, 1.54) is 22.1 Å². The molecule has 9 nitrogen and oxygen atoms in total. The molecule has 24 heavy (non-hydrogen) atoms. The summed E-state index contributed by atoms with van der Waals surface area (Å²) in [6.45, 7) is 5.77. The van der Waals surface area contributed by atoms with Crippen LogP contribution in [0.5, 0.6) is 0 Å². The van der Waals surface area contributed by atoms with Crippen molar-refractivity contribution >= 4 is 17.7 Å². The number of aromatic nitrogens is 4. The molecule has 3 rings (SSSR count). The highest BCUT2D eigenvalue weighted by atomic mass is 16.6. The first kappa shape index (κ1) is 16.1. The molecule has 1 aliphatic heterocycles. The van der Waals surface area contributed by atoms with E-state index in [0.29, 0.717) is 17.9 Å². The molecule has 0 bridgehead atoms. The number of hydrogen-bond acceptors (Lipinski definition) is 7. The highest BCUT2D eigenvalue weighted by Crippen LogP contribution is 2.20. The molecule has 1 unspecified atom stereocenters. The van der Waals surface area contributed by atoms with Crippen LogP contribution in [0.15, 0.2) is 30.7 Å². The van der Waals surface area contributed by atoms with E-state index in [-0.39, 0.29) is 5.91 Å². The monoisotopic (exact) mass is 330 g/mol. The Bertz CT molecular complexity index is 736. The van der Waals surface area contributed by atoms with Crippen LogP contribution in [0.25, 0.3) is 0 Å². The predicted octanol–water partition coefficient (Wildman–Crippen LogP) is 0.721. The number of carbonyl (C=O) groups is 2. The maximum absolute atomic E-state index is 12.5. The Morgan fingerprint density at radius 3 is 2.75 bits per heavy atom. The maximum atomic E-state index is 12.5. The number of nitrogens with one attached hydrogen (secondary N) is 1. The molecule has 9 heteroatoms. The molecule has 2 aromatic rings. The Morgan fingerprint density at radius 2 is 2.17 bits per heavy atom. The molecule has 126 valence electrons. The molecule has 1 saturated heterocycles. The van der Waals surface area contributed by atoms with Crippen molar-refractivity contribution in [2.75, 3.05) is 11.6 Å². The van der Waals surface area contributed by atoms with Crippen molar-refractivity contribution in [3.63, 3.8) is 0 Å². The summed E-state index contributed by atoms with van der Waals surface area (Å²) >= 11 is 0. The summed E-state index contributed by atoms with van der Waals surface area (Å²) in [6, 6.07) is 2.70. The van der Waals surface area contributed by atoms with Gasteiger partial charge >= 0.3 is 5.97 Å². The molecule has 0 saturated carbocycles. The number of rotatable bonds is 3. The van der Waals surface area contributed by atoms with E-state index < -0.39 is 17.6 Å². The lowest BCUT2D eigenvalue weighted by atomic mass is 10.2. The zero-order valence-corrected chi connectivity index (χ0v) is 13.6. The summed E-state index contributed by atoms with van der Waals surface area (Å²) in [5.74, 6) is -0.254. The average Bonchev–Trinajstić information content (AvgIpc) is 3.15. The highest BCUT2D eigenvalue weighted by Gasteiger charge is 2.35. The zero-order valence-electron chi connectivity index (χ0n) is 13.6. The quantitative estimate of drug-likeness (QED) is 0.827. The van der Waals surface area contributed by atoms with Crippen molar-refractivity contribution in [2.24, 2.45) is 0 Å². The number of hydrazine groups is 1. The molecule has 0 radical (unpaired) electrons. The molecule has 1 N–H and O–H groups in total. The van der Waals surface area contributed by atoms with Crippen LogP contribution in [-0.2, 0) is 9.53 Å². The number of pyridine rings is 1. The number of amides is 1. The van der Waals surface area contributed by atoms with Crippen LogP contribution in [0.4, 0.5) is 5.82 Å². The fraction of sp³-hybridized carbons (Fsp3) is 0.400. The van der Waals surface area contributed by atoms with Crippen molar-refractivity contribution in [1.82, 2.24) is 25.4 Å². The Labute approximate surface area is 138 Å². The topological polar surface area (TPSA) is 102 Å². The first-order valence-corrected chi connectivity index (χ1v) is 7.48. The van der Waals surface area contributed by atoms with Gasteiger partial charge in [-0.05, 0) is 32.9 Å². The second-order valence-electron chi connectivity index (χ2n) is 6.34. The lowest BCUT2D eigenvalue weighted by Crippen LogP contribution is -2.35. The van der Waals surface area contributed by atoms with Gasteiger partial charge in [-0.3, -0.25) is 4.79 Å². The second kappa shape index (κ2) is 6.00. The first-order chi connectivity index (χ1) is 11.3. The first-order valence-electron chi connectivity index (χ1n) is 7.48. The Balaban J connectivity index is 1.72. The predicted molar refractivity (Wildman–Crippen MR) is 84.0 cm³/mol. The van der Waals surface area contributed by atoms with E-state index >= 15 is 0 Å². The Morgan fingerprint density at radius 1 is 1.38 bits per heavy atom. The summed E-state index contributed by atoms with van der Waals surface area (Å²) in [6.07, 6.45) is 4.54. The van der Waals surface area contributed by atoms with Crippen LogP contribution < -0.4 is 10.4 Å². The minimum Gasteiger partial charge on any atom is -0.456 e. The van der Waals surface area contributed by atoms with Gasteiger partial charge in [0.1, 0.15) is 17.5 Å². The molecular weight excluding hydrogens is 312 g/mol. The third-order valence-electron chi connectivity index (χ3n) is 3.32. The standard InChI is InChI=1S/C15H18N6O3/c1-15(2,3)24-14(23)10-4-5-12(16-8-10)21-13(22)11(9-18-21)20-7-6-17-19-20/h4-8,11,18H,9H2,1-3H3. The molecule has 1 aliphatic rings. The van der Waals surface area contributed by atoms with E-state index in [1.54, 1.807) is 39.1 Å². The van der Waals surface area contributed by atoms with E-state index in [1.807, 2.05) is 0 Å². The normalized spacial score (nSPS) is 18.0. The van der Waals surface area contributed by atoms with Crippen molar-refractivity contribution in [2.45, 2.75) is 32.4 Å². The van der Waals surface area contributed by atoms with Crippen molar-refractivity contribution in [1.29, 1.82) is 0 Å². The molecule has 0 aliphatic carbocycles. The van der Waals surface area contributed by atoms with Gasteiger partial charge in [0.25, 0.3) is 5.91 Å². The average molecular weight is 330 g/mol. The third-order valence-corrected chi connectivity index (χ3v) is 3.32. The van der Waals surface area contributed by atoms with E-state index in [4.69, 9.17) is 4.74 Å². The number of hydrogen-bond donors (Lipinski definition) is 1. The molecule has 0 spiro atoms. The number of nitrogens with zero attached hydrogens (tertiary/aromatic N) is 5.